The molecule has 19 heavy (non-hydrogen) atoms. The predicted molar refractivity (Wildman–Crippen MR) is 82.7 cm³/mol. The molecule has 6 heteroatoms. The third kappa shape index (κ3) is 3.63. The molecule has 0 atom stereocenters. The first kappa shape index (κ1) is 14.7. The van der Waals surface area contributed by atoms with Gasteiger partial charge in [0.1, 0.15) is 5.75 Å². The summed E-state index contributed by atoms with van der Waals surface area (Å²) >= 11 is 6.88. The van der Waals surface area contributed by atoms with E-state index in [-0.39, 0.29) is 12.5 Å². The molecule has 4 nitrogen and oxygen atoms in total. The van der Waals surface area contributed by atoms with E-state index in [0.717, 1.165) is 33.2 Å². The minimum Gasteiger partial charge on any atom is -0.495 e. The van der Waals surface area contributed by atoms with Crippen molar-refractivity contribution in [3.63, 3.8) is 0 Å². The van der Waals surface area contributed by atoms with E-state index in [0.29, 0.717) is 6.04 Å². The number of rotatable bonds is 5. The number of hydrogen-bond donors (Lipinski definition) is 1. The number of nitrogens with one attached hydrogen (secondary N) is 1. The van der Waals surface area contributed by atoms with Crippen molar-refractivity contribution < 1.29 is 9.53 Å². The highest BCUT2D eigenvalue weighted by Gasteiger charge is 2.29. The molecular formula is C13H16Br2N2O2. The average Bonchev–Trinajstić information content (AvgIpc) is 3.20. The molecule has 0 spiro atoms. The van der Waals surface area contributed by atoms with Gasteiger partial charge in [0.05, 0.1) is 23.8 Å². The number of hydrogen-bond acceptors (Lipinski definition) is 3. The highest BCUT2D eigenvalue weighted by atomic mass is 79.9. The van der Waals surface area contributed by atoms with Gasteiger partial charge in [-0.25, -0.2) is 0 Å². The SMILES string of the molecule is COc1cc(NCC(=O)N(C)C2CC2)c(Br)cc1Br. The molecule has 1 saturated carbocycles. The summed E-state index contributed by atoms with van der Waals surface area (Å²) in [4.78, 5) is 13.8. The number of methoxy groups -OCH3 is 1. The summed E-state index contributed by atoms with van der Waals surface area (Å²) in [6.07, 6.45) is 2.25. The van der Waals surface area contributed by atoms with Gasteiger partial charge in [-0.2, -0.15) is 0 Å². The van der Waals surface area contributed by atoms with Crippen LogP contribution >= 0.6 is 31.9 Å². The number of nitrogens with zero attached hydrogens (tertiary/aromatic N) is 1. The smallest absolute Gasteiger partial charge is 0.241 e. The van der Waals surface area contributed by atoms with Crippen LogP contribution in [0.2, 0.25) is 0 Å². The van der Waals surface area contributed by atoms with Crippen molar-refractivity contribution in [2.45, 2.75) is 18.9 Å². The molecule has 1 fully saturated rings. The van der Waals surface area contributed by atoms with Crippen molar-refractivity contribution in [2.75, 3.05) is 26.0 Å². The third-order valence-corrected chi connectivity index (χ3v) is 4.44. The van der Waals surface area contributed by atoms with Gasteiger partial charge in [-0.15, -0.1) is 0 Å². The maximum atomic E-state index is 11.9. The normalized spacial score (nSPS) is 14.1. The summed E-state index contributed by atoms with van der Waals surface area (Å²) in [6.45, 7) is 0.288. The van der Waals surface area contributed by atoms with Crippen molar-refractivity contribution in [3.05, 3.63) is 21.1 Å². The fourth-order valence-corrected chi connectivity index (χ4v) is 3.08. The molecule has 0 radical (unpaired) electrons. The Labute approximate surface area is 129 Å². The molecule has 1 amide bonds. The zero-order valence-electron chi connectivity index (χ0n) is 10.9. The second-order valence-electron chi connectivity index (χ2n) is 4.56. The molecular weight excluding hydrogens is 376 g/mol. The van der Waals surface area contributed by atoms with Crippen LogP contribution in [-0.2, 0) is 4.79 Å². The molecule has 0 aromatic heterocycles. The lowest BCUT2D eigenvalue weighted by molar-refractivity contribution is -0.128. The molecule has 1 aliphatic rings. The monoisotopic (exact) mass is 390 g/mol. The number of amides is 1. The van der Waals surface area contributed by atoms with E-state index in [1.807, 2.05) is 24.1 Å². The summed E-state index contributed by atoms with van der Waals surface area (Å²) in [5.74, 6) is 0.838. The molecule has 0 unspecified atom stereocenters. The fraction of sp³-hybridized carbons (Fsp3) is 0.462. The second-order valence-corrected chi connectivity index (χ2v) is 6.26. The zero-order valence-corrected chi connectivity index (χ0v) is 14.0. The van der Waals surface area contributed by atoms with Crippen molar-refractivity contribution >= 4 is 43.5 Å². The number of halogens is 2. The largest absolute Gasteiger partial charge is 0.495 e. The minimum absolute atomic E-state index is 0.108. The highest BCUT2D eigenvalue weighted by molar-refractivity contribution is 9.11. The van der Waals surface area contributed by atoms with Gasteiger partial charge in [0.25, 0.3) is 0 Å². The first-order valence-electron chi connectivity index (χ1n) is 6.05. The minimum atomic E-state index is 0.108. The summed E-state index contributed by atoms with van der Waals surface area (Å²) < 4.78 is 7.00. The lowest BCUT2D eigenvalue weighted by atomic mass is 10.3. The summed E-state index contributed by atoms with van der Waals surface area (Å²) in [5.41, 5.74) is 0.845. The Morgan fingerprint density at radius 2 is 2.11 bits per heavy atom. The number of ether oxygens (including phenoxy) is 1. The first-order valence-corrected chi connectivity index (χ1v) is 7.64. The van der Waals surface area contributed by atoms with Crippen LogP contribution in [-0.4, -0.2) is 37.6 Å². The lowest BCUT2D eigenvalue weighted by Gasteiger charge is -2.18. The molecule has 0 heterocycles. The van der Waals surface area contributed by atoms with E-state index >= 15 is 0 Å². The Morgan fingerprint density at radius 1 is 1.42 bits per heavy atom. The Hall–Kier alpha value is -0.750. The van der Waals surface area contributed by atoms with Crippen molar-refractivity contribution in [1.82, 2.24) is 4.90 Å². The quantitative estimate of drug-likeness (QED) is 0.837. The second kappa shape index (κ2) is 6.13. The Balaban J connectivity index is 2.00. The predicted octanol–water partition coefficient (Wildman–Crippen LogP) is 3.25. The first-order chi connectivity index (χ1) is 9.02. The van der Waals surface area contributed by atoms with E-state index in [2.05, 4.69) is 37.2 Å². The van der Waals surface area contributed by atoms with Gasteiger partial charge in [0, 0.05) is 23.6 Å². The van der Waals surface area contributed by atoms with E-state index in [1.165, 1.54) is 0 Å². The molecule has 0 saturated heterocycles. The summed E-state index contributed by atoms with van der Waals surface area (Å²) in [5, 5.41) is 3.14. The number of carbonyl (C=O) groups excluding carboxylic acids is 1. The Bertz CT molecular complexity index is 490. The Morgan fingerprint density at radius 3 is 2.68 bits per heavy atom. The van der Waals surface area contributed by atoms with Gasteiger partial charge in [-0.1, -0.05) is 0 Å². The van der Waals surface area contributed by atoms with Crippen molar-refractivity contribution in [3.8, 4) is 5.75 Å². The van der Waals surface area contributed by atoms with Crippen LogP contribution in [0.3, 0.4) is 0 Å². The number of anilines is 1. The maximum Gasteiger partial charge on any atom is 0.241 e. The van der Waals surface area contributed by atoms with Gasteiger partial charge >= 0.3 is 0 Å². The molecule has 0 bridgehead atoms. The highest BCUT2D eigenvalue weighted by Crippen LogP contribution is 2.34. The summed E-state index contributed by atoms with van der Waals surface area (Å²) in [7, 11) is 3.47. The summed E-state index contributed by atoms with van der Waals surface area (Å²) in [6, 6.07) is 4.20. The van der Waals surface area contributed by atoms with Crippen LogP contribution in [0.1, 0.15) is 12.8 Å². The molecule has 0 aliphatic heterocycles. The van der Waals surface area contributed by atoms with Crippen LogP contribution in [0.5, 0.6) is 5.75 Å². The van der Waals surface area contributed by atoms with Crippen LogP contribution < -0.4 is 10.1 Å². The Kier molecular flexibility index (Phi) is 4.73. The molecule has 1 aromatic carbocycles. The van der Waals surface area contributed by atoms with Crippen LogP contribution in [0.25, 0.3) is 0 Å². The van der Waals surface area contributed by atoms with Crippen LogP contribution in [0.4, 0.5) is 5.69 Å². The lowest BCUT2D eigenvalue weighted by Crippen LogP contribution is -2.33. The molecule has 1 N–H and O–H groups in total. The topological polar surface area (TPSA) is 41.6 Å². The van der Waals surface area contributed by atoms with Gasteiger partial charge < -0.3 is 15.0 Å². The van der Waals surface area contributed by atoms with Crippen molar-refractivity contribution in [1.29, 1.82) is 0 Å². The van der Waals surface area contributed by atoms with E-state index < -0.39 is 0 Å². The van der Waals surface area contributed by atoms with Gasteiger partial charge in [0.2, 0.25) is 5.91 Å². The molecule has 104 valence electrons. The standard InChI is InChI=1S/C13H16Br2N2O2/c1-17(8-3-4-8)13(18)7-16-11-6-12(19-2)10(15)5-9(11)14/h5-6,8,16H,3-4,7H2,1-2H3. The van der Waals surface area contributed by atoms with Crippen LogP contribution in [0.15, 0.2) is 21.1 Å². The van der Waals surface area contributed by atoms with E-state index in [4.69, 9.17) is 4.74 Å². The molecule has 2 rings (SSSR count). The zero-order chi connectivity index (χ0) is 14.0. The maximum absolute atomic E-state index is 11.9. The molecule has 1 aliphatic carbocycles. The fourth-order valence-electron chi connectivity index (χ4n) is 1.78. The van der Waals surface area contributed by atoms with E-state index in [1.54, 1.807) is 7.11 Å². The average molecular weight is 392 g/mol. The van der Waals surface area contributed by atoms with Gasteiger partial charge in [0.15, 0.2) is 0 Å². The van der Waals surface area contributed by atoms with Gasteiger partial charge in [-0.05, 0) is 50.8 Å². The molecule has 1 aromatic rings. The van der Waals surface area contributed by atoms with Crippen molar-refractivity contribution in [2.24, 2.45) is 0 Å². The number of benzene rings is 1. The third-order valence-electron chi connectivity index (χ3n) is 3.16. The van der Waals surface area contributed by atoms with E-state index in [9.17, 15) is 4.79 Å². The van der Waals surface area contributed by atoms with Crippen LogP contribution in [0, 0.1) is 0 Å². The van der Waals surface area contributed by atoms with Gasteiger partial charge in [-0.3, -0.25) is 4.79 Å². The number of likely N-dealkylation sites (N-methyl/N-ethyl adjacent to an activating group) is 1. The number of carbonyl (C=O) groups is 1.